The fourth-order valence-corrected chi connectivity index (χ4v) is 2.26. The summed E-state index contributed by atoms with van der Waals surface area (Å²) in [6.45, 7) is 2.91. The highest BCUT2D eigenvalue weighted by Crippen LogP contribution is 2.23. The van der Waals surface area contributed by atoms with E-state index in [0.29, 0.717) is 12.0 Å². The van der Waals surface area contributed by atoms with E-state index < -0.39 is 0 Å². The molecule has 4 nitrogen and oxygen atoms in total. The first-order valence-corrected chi connectivity index (χ1v) is 6.04. The summed E-state index contributed by atoms with van der Waals surface area (Å²) in [6, 6.07) is 4.34. The van der Waals surface area contributed by atoms with Gasteiger partial charge in [0.1, 0.15) is 5.82 Å². The maximum Gasteiger partial charge on any atom is 0.148 e. The monoisotopic (exact) mass is 220 g/mol. The molecule has 2 atom stereocenters. The molecule has 0 amide bonds. The van der Waals surface area contributed by atoms with Crippen LogP contribution in [0.5, 0.6) is 0 Å². The van der Waals surface area contributed by atoms with Gasteiger partial charge in [-0.15, -0.1) is 5.10 Å². The summed E-state index contributed by atoms with van der Waals surface area (Å²) in [5.74, 6) is 1.55. The summed E-state index contributed by atoms with van der Waals surface area (Å²) in [4.78, 5) is 0. The molecule has 1 heterocycles. The van der Waals surface area contributed by atoms with E-state index >= 15 is 0 Å². The number of aromatic nitrogens is 2. The maximum absolute atomic E-state index is 5.96. The minimum atomic E-state index is 0.393. The second kappa shape index (κ2) is 5.25. The topological polar surface area (TPSA) is 63.8 Å². The van der Waals surface area contributed by atoms with Crippen molar-refractivity contribution < 1.29 is 0 Å². The van der Waals surface area contributed by atoms with Crippen LogP contribution in [0.2, 0.25) is 0 Å². The molecule has 0 aromatic carbocycles. The molecule has 0 aliphatic heterocycles. The Labute approximate surface area is 96.6 Å². The summed E-state index contributed by atoms with van der Waals surface area (Å²) in [5.41, 5.74) is 6.91. The molecule has 2 rings (SSSR count). The van der Waals surface area contributed by atoms with E-state index in [9.17, 15) is 0 Å². The molecule has 1 fully saturated rings. The van der Waals surface area contributed by atoms with Gasteiger partial charge in [-0.05, 0) is 44.2 Å². The lowest BCUT2D eigenvalue weighted by Gasteiger charge is -2.26. The normalized spacial score (nSPS) is 25.4. The van der Waals surface area contributed by atoms with Crippen LogP contribution >= 0.6 is 0 Å². The van der Waals surface area contributed by atoms with Gasteiger partial charge in [0.15, 0.2) is 0 Å². The number of anilines is 1. The average molecular weight is 220 g/mol. The lowest BCUT2D eigenvalue weighted by Crippen LogP contribution is -2.31. The van der Waals surface area contributed by atoms with Gasteiger partial charge in [0.05, 0.1) is 5.69 Å². The molecule has 1 saturated carbocycles. The first kappa shape index (κ1) is 11.3. The quantitative estimate of drug-likeness (QED) is 0.814. The molecule has 4 heteroatoms. The van der Waals surface area contributed by atoms with Crippen molar-refractivity contribution in [3.05, 3.63) is 17.8 Å². The van der Waals surface area contributed by atoms with Crippen molar-refractivity contribution in [2.75, 3.05) is 11.9 Å². The van der Waals surface area contributed by atoms with Gasteiger partial charge in [0.2, 0.25) is 0 Å². The van der Waals surface area contributed by atoms with Gasteiger partial charge in [-0.2, -0.15) is 5.10 Å². The first-order valence-electron chi connectivity index (χ1n) is 6.04. The van der Waals surface area contributed by atoms with E-state index in [1.807, 2.05) is 19.1 Å². The van der Waals surface area contributed by atoms with Crippen molar-refractivity contribution in [3.8, 4) is 0 Å². The third-order valence-electron chi connectivity index (χ3n) is 3.19. The Morgan fingerprint density at radius 2 is 2.25 bits per heavy atom. The predicted octanol–water partition coefficient (Wildman–Crippen LogP) is 1.71. The van der Waals surface area contributed by atoms with Gasteiger partial charge >= 0.3 is 0 Å². The molecule has 3 N–H and O–H groups in total. The van der Waals surface area contributed by atoms with Crippen LogP contribution in [0, 0.1) is 12.8 Å². The predicted molar refractivity (Wildman–Crippen MR) is 65.2 cm³/mol. The summed E-state index contributed by atoms with van der Waals surface area (Å²) in [7, 11) is 0. The van der Waals surface area contributed by atoms with Crippen LogP contribution in [0.4, 0.5) is 5.82 Å². The minimum Gasteiger partial charge on any atom is -0.368 e. The largest absolute Gasteiger partial charge is 0.368 e. The minimum absolute atomic E-state index is 0.393. The van der Waals surface area contributed by atoms with Gasteiger partial charge in [0.25, 0.3) is 0 Å². The lowest BCUT2D eigenvalue weighted by atomic mass is 9.86. The second-order valence-electron chi connectivity index (χ2n) is 4.73. The number of nitrogens with two attached hydrogens (primary N) is 1. The number of nitrogens with zero attached hydrogens (tertiary/aromatic N) is 2. The van der Waals surface area contributed by atoms with Gasteiger partial charge in [0, 0.05) is 12.6 Å². The standard InChI is InChI=1S/C12H20N4/c1-9-5-6-12(16-15-9)14-8-10-3-2-4-11(13)7-10/h5-6,10-11H,2-4,7-8,13H2,1H3,(H,14,16). The van der Waals surface area contributed by atoms with E-state index in [-0.39, 0.29) is 0 Å². The van der Waals surface area contributed by atoms with Crippen LogP contribution in [0.25, 0.3) is 0 Å². The van der Waals surface area contributed by atoms with Gasteiger partial charge in [-0.1, -0.05) is 6.42 Å². The number of aryl methyl sites for hydroxylation is 1. The van der Waals surface area contributed by atoms with E-state index in [1.165, 1.54) is 19.3 Å². The smallest absolute Gasteiger partial charge is 0.148 e. The van der Waals surface area contributed by atoms with Crippen LogP contribution in [0.3, 0.4) is 0 Å². The van der Waals surface area contributed by atoms with Crippen LogP contribution in [-0.4, -0.2) is 22.8 Å². The third kappa shape index (κ3) is 3.17. The van der Waals surface area contributed by atoms with E-state index in [0.717, 1.165) is 24.5 Å². The van der Waals surface area contributed by atoms with E-state index in [4.69, 9.17) is 5.73 Å². The zero-order valence-electron chi connectivity index (χ0n) is 9.82. The number of hydrogen-bond donors (Lipinski definition) is 2. The van der Waals surface area contributed by atoms with E-state index in [1.54, 1.807) is 0 Å². The zero-order chi connectivity index (χ0) is 11.4. The van der Waals surface area contributed by atoms with Crippen LogP contribution in [0.15, 0.2) is 12.1 Å². The average Bonchev–Trinajstić information content (AvgIpc) is 2.28. The number of hydrogen-bond acceptors (Lipinski definition) is 4. The van der Waals surface area contributed by atoms with Crippen molar-refractivity contribution in [1.82, 2.24) is 10.2 Å². The Bertz CT molecular complexity index is 322. The third-order valence-corrected chi connectivity index (χ3v) is 3.19. The fourth-order valence-electron chi connectivity index (χ4n) is 2.26. The molecule has 1 aliphatic rings. The highest BCUT2D eigenvalue weighted by Gasteiger charge is 2.18. The van der Waals surface area contributed by atoms with Crippen LogP contribution in [-0.2, 0) is 0 Å². The maximum atomic E-state index is 5.96. The lowest BCUT2D eigenvalue weighted by molar-refractivity contribution is 0.334. The molecule has 0 radical (unpaired) electrons. The first-order chi connectivity index (χ1) is 7.74. The van der Waals surface area contributed by atoms with E-state index in [2.05, 4.69) is 15.5 Å². The zero-order valence-corrected chi connectivity index (χ0v) is 9.82. The Morgan fingerprint density at radius 1 is 1.38 bits per heavy atom. The van der Waals surface area contributed by atoms with Crippen LogP contribution in [0.1, 0.15) is 31.4 Å². The van der Waals surface area contributed by atoms with Crippen LogP contribution < -0.4 is 11.1 Å². The molecule has 0 bridgehead atoms. The van der Waals surface area contributed by atoms with Crippen molar-refractivity contribution in [2.45, 2.75) is 38.6 Å². The Balaban J connectivity index is 1.80. The summed E-state index contributed by atoms with van der Waals surface area (Å²) < 4.78 is 0. The highest BCUT2D eigenvalue weighted by molar-refractivity contribution is 5.32. The van der Waals surface area contributed by atoms with Crippen molar-refractivity contribution in [3.63, 3.8) is 0 Å². The highest BCUT2D eigenvalue weighted by atomic mass is 15.2. The number of rotatable bonds is 3. The van der Waals surface area contributed by atoms with Crippen molar-refractivity contribution in [1.29, 1.82) is 0 Å². The second-order valence-corrected chi connectivity index (χ2v) is 4.73. The molecular weight excluding hydrogens is 200 g/mol. The van der Waals surface area contributed by atoms with Crippen molar-refractivity contribution >= 4 is 5.82 Å². The molecule has 1 aliphatic carbocycles. The molecule has 16 heavy (non-hydrogen) atoms. The summed E-state index contributed by atoms with van der Waals surface area (Å²) in [5, 5.41) is 11.4. The molecule has 0 saturated heterocycles. The molecular formula is C12H20N4. The molecule has 1 aromatic rings. The fraction of sp³-hybridized carbons (Fsp3) is 0.667. The molecule has 88 valence electrons. The van der Waals surface area contributed by atoms with Gasteiger partial charge in [-0.25, -0.2) is 0 Å². The SMILES string of the molecule is Cc1ccc(NCC2CCCC(N)C2)nn1. The Kier molecular flexibility index (Phi) is 3.72. The van der Waals surface area contributed by atoms with Crippen molar-refractivity contribution in [2.24, 2.45) is 11.7 Å². The molecule has 2 unspecified atom stereocenters. The number of nitrogens with one attached hydrogen (secondary N) is 1. The summed E-state index contributed by atoms with van der Waals surface area (Å²) in [6.07, 6.45) is 4.85. The Morgan fingerprint density at radius 3 is 2.94 bits per heavy atom. The molecule has 0 spiro atoms. The summed E-state index contributed by atoms with van der Waals surface area (Å²) >= 11 is 0. The van der Waals surface area contributed by atoms with Gasteiger partial charge < -0.3 is 11.1 Å². The Hall–Kier alpha value is -1.16. The van der Waals surface area contributed by atoms with Gasteiger partial charge in [-0.3, -0.25) is 0 Å². The molecule has 1 aromatic heterocycles.